The quantitative estimate of drug-likeness (QED) is 0.411. The SMILES string of the molecule is CN=C(NCc1cccnc1OC1CCCC1)NCC(C)C.I. The van der Waals surface area contributed by atoms with Crippen LogP contribution in [0.2, 0.25) is 0 Å². The fraction of sp³-hybridized carbons (Fsp3) is 0.647. The maximum Gasteiger partial charge on any atom is 0.218 e. The van der Waals surface area contributed by atoms with E-state index in [1.165, 1.54) is 12.8 Å². The largest absolute Gasteiger partial charge is 0.474 e. The summed E-state index contributed by atoms with van der Waals surface area (Å²) in [6.07, 6.45) is 6.92. The Hall–Kier alpha value is -1.05. The zero-order valence-corrected chi connectivity index (χ0v) is 16.7. The second kappa shape index (κ2) is 10.7. The van der Waals surface area contributed by atoms with E-state index in [2.05, 4.69) is 40.5 Å². The molecule has 2 rings (SSSR count). The third-order valence-corrected chi connectivity index (χ3v) is 3.78. The van der Waals surface area contributed by atoms with Crippen LogP contribution in [0.15, 0.2) is 23.3 Å². The van der Waals surface area contributed by atoms with Gasteiger partial charge in [0.1, 0.15) is 6.10 Å². The Morgan fingerprint density at radius 2 is 2.09 bits per heavy atom. The fourth-order valence-electron chi connectivity index (χ4n) is 2.53. The Bertz CT molecular complexity index is 487. The number of rotatable bonds is 6. The lowest BCUT2D eigenvalue weighted by atomic mass is 10.2. The molecule has 0 atom stereocenters. The first-order chi connectivity index (χ1) is 10.7. The molecule has 1 heterocycles. The number of pyridine rings is 1. The maximum atomic E-state index is 6.06. The summed E-state index contributed by atoms with van der Waals surface area (Å²) in [6.45, 7) is 5.91. The van der Waals surface area contributed by atoms with Gasteiger partial charge in [-0.1, -0.05) is 19.9 Å². The molecule has 1 aliphatic rings. The predicted octanol–water partition coefficient (Wildman–Crippen LogP) is 3.34. The number of guanidine groups is 1. The van der Waals surface area contributed by atoms with Crippen LogP contribution in [0.3, 0.4) is 0 Å². The van der Waals surface area contributed by atoms with E-state index in [1.807, 2.05) is 6.07 Å². The predicted molar refractivity (Wildman–Crippen MR) is 106 cm³/mol. The molecule has 0 bridgehead atoms. The highest BCUT2D eigenvalue weighted by Crippen LogP contribution is 2.24. The molecule has 1 aromatic rings. The number of halogens is 1. The molecular weight excluding hydrogens is 403 g/mol. The van der Waals surface area contributed by atoms with Crippen molar-refractivity contribution < 1.29 is 4.74 Å². The van der Waals surface area contributed by atoms with Gasteiger partial charge in [-0.05, 0) is 37.7 Å². The van der Waals surface area contributed by atoms with Crippen molar-refractivity contribution in [3.8, 4) is 5.88 Å². The molecule has 1 aliphatic carbocycles. The summed E-state index contributed by atoms with van der Waals surface area (Å²) >= 11 is 0. The smallest absolute Gasteiger partial charge is 0.218 e. The fourth-order valence-corrected chi connectivity index (χ4v) is 2.53. The molecule has 0 aliphatic heterocycles. The van der Waals surface area contributed by atoms with E-state index >= 15 is 0 Å². The lowest BCUT2D eigenvalue weighted by molar-refractivity contribution is 0.199. The van der Waals surface area contributed by atoms with E-state index in [0.29, 0.717) is 18.6 Å². The van der Waals surface area contributed by atoms with Gasteiger partial charge in [0.25, 0.3) is 0 Å². The highest BCUT2D eigenvalue weighted by atomic mass is 127. The van der Waals surface area contributed by atoms with Crippen molar-refractivity contribution in [1.29, 1.82) is 0 Å². The van der Waals surface area contributed by atoms with Crippen LogP contribution >= 0.6 is 24.0 Å². The zero-order chi connectivity index (χ0) is 15.8. The van der Waals surface area contributed by atoms with Crippen LogP contribution in [0.1, 0.15) is 45.1 Å². The van der Waals surface area contributed by atoms with Crippen LogP contribution in [0.25, 0.3) is 0 Å². The van der Waals surface area contributed by atoms with Crippen LogP contribution in [-0.2, 0) is 6.54 Å². The zero-order valence-electron chi connectivity index (χ0n) is 14.3. The van der Waals surface area contributed by atoms with Crippen molar-refractivity contribution in [2.75, 3.05) is 13.6 Å². The van der Waals surface area contributed by atoms with E-state index < -0.39 is 0 Å². The van der Waals surface area contributed by atoms with E-state index in [9.17, 15) is 0 Å². The van der Waals surface area contributed by atoms with Crippen LogP contribution in [0, 0.1) is 5.92 Å². The Morgan fingerprint density at radius 3 is 2.74 bits per heavy atom. The Kier molecular flexibility index (Phi) is 9.28. The third-order valence-electron chi connectivity index (χ3n) is 3.78. The molecule has 6 heteroatoms. The molecule has 2 N–H and O–H groups in total. The van der Waals surface area contributed by atoms with Crippen molar-refractivity contribution >= 4 is 29.9 Å². The summed E-state index contributed by atoms with van der Waals surface area (Å²) in [5.41, 5.74) is 1.07. The summed E-state index contributed by atoms with van der Waals surface area (Å²) in [7, 11) is 1.79. The average Bonchev–Trinajstić information content (AvgIpc) is 3.01. The minimum atomic E-state index is 0. The number of nitrogens with zero attached hydrogens (tertiary/aromatic N) is 2. The highest BCUT2D eigenvalue weighted by Gasteiger charge is 2.18. The lowest BCUT2D eigenvalue weighted by Gasteiger charge is -2.17. The van der Waals surface area contributed by atoms with E-state index in [0.717, 1.165) is 36.8 Å². The summed E-state index contributed by atoms with van der Waals surface area (Å²) in [5, 5.41) is 6.63. The topological polar surface area (TPSA) is 58.5 Å². The minimum absolute atomic E-state index is 0. The molecule has 0 spiro atoms. The standard InChI is InChI=1S/C17H28N4O.HI/c1-13(2)11-20-17(18-3)21-12-14-7-6-10-19-16(14)22-15-8-4-5-9-15;/h6-7,10,13,15H,4-5,8-9,11-12H2,1-3H3,(H2,18,20,21);1H. The molecule has 130 valence electrons. The second-order valence-corrected chi connectivity index (χ2v) is 6.19. The van der Waals surface area contributed by atoms with Crippen LogP contribution in [0.4, 0.5) is 0 Å². The molecule has 1 fully saturated rings. The van der Waals surface area contributed by atoms with E-state index in [-0.39, 0.29) is 24.0 Å². The number of aliphatic imine (C=N–C) groups is 1. The van der Waals surface area contributed by atoms with Crippen LogP contribution in [-0.4, -0.2) is 30.6 Å². The molecule has 0 aromatic carbocycles. The van der Waals surface area contributed by atoms with Gasteiger partial charge in [-0.3, -0.25) is 4.99 Å². The Balaban J connectivity index is 0.00000264. The molecule has 1 saturated carbocycles. The van der Waals surface area contributed by atoms with Gasteiger partial charge in [0.2, 0.25) is 5.88 Å². The summed E-state index contributed by atoms with van der Waals surface area (Å²) in [6, 6.07) is 4.00. The number of hydrogen-bond acceptors (Lipinski definition) is 3. The molecule has 0 saturated heterocycles. The van der Waals surface area contributed by atoms with Gasteiger partial charge in [-0.15, -0.1) is 24.0 Å². The number of ether oxygens (including phenoxy) is 1. The van der Waals surface area contributed by atoms with Crippen molar-refractivity contribution in [3.63, 3.8) is 0 Å². The monoisotopic (exact) mass is 432 g/mol. The molecule has 23 heavy (non-hydrogen) atoms. The summed E-state index contributed by atoms with van der Waals surface area (Å²) in [4.78, 5) is 8.64. The molecule has 0 radical (unpaired) electrons. The van der Waals surface area contributed by atoms with Gasteiger partial charge in [0, 0.05) is 31.9 Å². The lowest BCUT2D eigenvalue weighted by Crippen LogP contribution is -2.38. The Morgan fingerprint density at radius 1 is 1.35 bits per heavy atom. The van der Waals surface area contributed by atoms with Gasteiger partial charge < -0.3 is 15.4 Å². The first-order valence-electron chi connectivity index (χ1n) is 8.24. The number of aromatic nitrogens is 1. The first kappa shape index (κ1) is 20.0. The molecular formula is C17H29IN4O. The Labute approximate surface area is 156 Å². The van der Waals surface area contributed by atoms with E-state index in [1.54, 1.807) is 13.2 Å². The normalized spacial score (nSPS) is 15.4. The van der Waals surface area contributed by atoms with Crippen molar-refractivity contribution in [3.05, 3.63) is 23.9 Å². The summed E-state index contributed by atoms with van der Waals surface area (Å²) < 4.78 is 6.06. The molecule has 5 nitrogen and oxygen atoms in total. The van der Waals surface area contributed by atoms with Gasteiger partial charge in [0.15, 0.2) is 5.96 Å². The van der Waals surface area contributed by atoms with Gasteiger partial charge in [0.05, 0.1) is 0 Å². The van der Waals surface area contributed by atoms with E-state index in [4.69, 9.17) is 4.74 Å². The highest BCUT2D eigenvalue weighted by molar-refractivity contribution is 14.0. The van der Waals surface area contributed by atoms with Gasteiger partial charge in [-0.25, -0.2) is 4.98 Å². The average molecular weight is 432 g/mol. The minimum Gasteiger partial charge on any atom is -0.474 e. The van der Waals surface area contributed by atoms with Crippen molar-refractivity contribution in [2.24, 2.45) is 10.9 Å². The molecule has 0 unspecified atom stereocenters. The van der Waals surface area contributed by atoms with Crippen molar-refractivity contribution in [2.45, 2.75) is 52.2 Å². The summed E-state index contributed by atoms with van der Waals surface area (Å²) in [5.74, 6) is 2.14. The third kappa shape index (κ3) is 6.93. The molecule has 1 aromatic heterocycles. The second-order valence-electron chi connectivity index (χ2n) is 6.19. The molecule has 0 amide bonds. The maximum absolute atomic E-state index is 6.06. The first-order valence-corrected chi connectivity index (χ1v) is 8.24. The van der Waals surface area contributed by atoms with Gasteiger partial charge >= 0.3 is 0 Å². The van der Waals surface area contributed by atoms with Gasteiger partial charge in [-0.2, -0.15) is 0 Å². The number of nitrogens with one attached hydrogen (secondary N) is 2. The van der Waals surface area contributed by atoms with Crippen molar-refractivity contribution in [1.82, 2.24) is 15.6 Å². The number of hydrogen-bond donors (Lipinski definition) is 2. The van der Waals surface area contributed by atoms with Crippen LogP contribution in [0.5, 0.6) is 5.88 Å². The van der Waals surface area contributed by atoms with Crippen LogP contribution < -0.4 is 15.4 Å².